The maximum atomic E-state index is 13.1. The molecular weight excluding hydrogens is 554 g/mol. The largest absolute Gasteiger partial charge is 0.390 e. The molecular formula is C34H41N7O3. The maximum absolute atomic E-state index is 13.1. The van der Waals surface area contributed by atoms with Crippen molar-refractivity contribution in [3.8, 4) is 12.1 Å². The summed E-state index contributed by atoms with van der Waals surface area (Å²) in [6.07, 6.45) is 3.42. The van der Waals surface area contributed by atoms with Gasteiger partial charge >= 0.3 is 0 Å². The molecule has 1 saturated carbocycles. The normalized spacial score (nSPS) is 19.8. The zero-order chi connectivity index (χ0) is 31.4. The van der Waals surface area contributed by atoms with Crippen LogP contribution in [0.25, 0.3) is 11.0 Å². The van der Waals surface area contributed by atoms with E-state index in [9.17, 15) is 15.3 Å². The summed E-state index contributed by atoms with van der Waals surface area (Å²) in [5, 5.41) is 24.2. The molecule has 0 spiro atoms. The minimum atomic E-state index is -0.414. The van der Waals surface area contributed by atoms with Crippen LogP contribution in [0.4, 0.5) is 5.69 Å². The minimum Gasteiger partial charge on any atom is -0.390 e. The lowest BCUT2D eigenvalue weighted by atomic mass is 9.80. The summed E-state index contributed by atoms with van der Waals surface area (Å²) in [7, 11) is 3.55. The molecule has 2 fully saturated rings. The molecule has 1 aliphatic carbocycles. The molecule has 5 rings (SSSR count). The van der Waals surface area contributed by atoms with Crippen molar-refractivity contribution < 1.29 is 9.57 Å². The first kappa shape index (κ1) is 31.2. The van der Waals surface area contributed by atoms with Crippen LogP contribution in [0.1, 0.15) is 68.8 Å². The Kier molecular flexibility index (Phi) is 9.33. The standard InChI is InChI=1S/C34H41N7O3/c1-34(2,3)44-38-30(24-8-6-23(7-9-24)22-41-16-18-43-19-17-41)25-10-13-27(14-11-25)39(4)32-28(21-36)33(42)40(5)29-15-12-26(20-35)37-31(29)32/h6-9,12,15,25,27H,10-11,13-14,16-19,22H2,1-5H3/b38-30-. The third kappa shape index (κ3) is 6.77. The number of nitriles is 2. The van der Waals surface area contributed by atoms with E-state index >= 15 is 0 Å². The first-order valence-corrected chi connectivity index (χ1v) is 15.3. The third-order valence-electron chi connectivity index (χ3n) is 8.60. The van der Waals surface area contributed by atoms with E-state index in [1.54, 1.807) is 19.2 Å². The van der Waals surface area contributed by atoms with Gasteiger partial charge in [-0.25, -0.2) is 4.98 Å². The highest BCUT2D eigenvalue weighted by molar-refractivity contribution is 6.02. The van der Waals surface area contributed by atoms with Gasteiger partial charge in [0.1, 0.15) is 34.5 Å². The Hall–Kier alpha value is -4.25. The quantitative estimate of drug-likeness (QED) is 0.284. The van der Waals surface area contributed by atoms with E-state index in [2.05, 4.69) is 46.3 Å². The molecule has 230 valence electrons. The number of fused-ring (bicyclic) bond motifs is 1. The van der Waals surface area contributed by atoms with Gasteiger partial charge in [-0.2, -0.15) is 10.5 Å². The van der Waals surface area contributed by atoms with Gasteiger partial charge in [-0.05, 0) is 69.7 Å². The average molecular weight is 596 g/mol. The molecule has 0 N–H and O–H groups in total. The second-order valence-corrected chi connectivity index (χ2v) is 12.8. The Bertz CT molecular complexity index is 1660. The highest BCUT2D eigenvalue weighted by Gasteiger charge is 2.31. The second-order valence-electron chi connectivity index (χ2n) is 12.8. The molecule has 0 radical (unpaired) electrons. The summed E-state index contributed by atoms with van der Waals surface area (Å²) in [5.41, 5.74) is 4.37. The number of oxime groups is 1. The van der Waals surface area contributed by atoms with E-state index < -0.39 is 5.60 Å². The first-order valence-electron chi connectivity index (χ1n) is 15.3. The Morgan fingerprint density at radius 1 is 1.07 bits per heavy atom. The van der Waals surface area contributed by atoms with Crippen LogP contribution in [0.5, 0.6) is 0 Å². The van der Waals surface area contributed by atoms with Crippen LogP contribution in [0, 0.1) is 28.6 Å². The molecule has 1 aliphatic heterocycles. The van der Waals surface area contributed by atoms with Crippen molar-refractivity contribution in [1.82, 2.24) is 14.5 Å². The van der Waals surface area contributed by atoms with Gasteiger partial charge in [-0.3, -0.25) is 9.69 Å². The number of ether oxygens (including phenoxy) is 1. The van der Waals surface area contributed by atoms with Crippen LogP contribution in [0.2, 0.25) is 0 Å². The summed E-state index contributed by atoms with van der Waals surface area (Å²) in [6.45, 7) is 10.4. The highest BCUT2D eigenvalue weighted by Crippen LogP contribution is 2.35. The lowest BCUT2D eigenvalue weighted by Crippen LogP contribution is -2.39. The van der Waals surface area contributed by atoms with Crippen LogP contribution in [0.3, 0.4) is 0 Å². The Morgan fingerprint density at radius 3 is 2.36 bits per heavy atom. The van der Waals surface area contributed by atoms with Gasteiger partial charge in [0, 0.05) is 45.7 Å². The number of morpholine rings is 1. The van der Waals surface area contributed by atoms with Crippen LogP contribution >= 0.6 is 0 Å². The summed E-state index contributed by atoms with van der Waals surface area (Å²) >= 11 is 0. The fourth-order valence-electron chi connectivity index (χ4n) is 6.17. The molecule has 10 nitrogen and oxygen atoms in total. The Labute approximate surface area is 259 Å². The summed E-state index contributed by atoms with van der Waals surface area (Å²) in [6, 6.07) is 16.3. The van der Waals surface area contributed by atoms with Crippen molar-refractivity contribution in [2.75, 3.05) is 38.3 Å². The lowest BCUT2D eigenvalue weighted by molar-refractivity contribution is -0.0000315. The van der Waals surface area contributed by atoms with Crippen molar-refractivity contribution in [2.45, 2.75) is 64.6 Å². The van der Waals surface area contributed by atoms with Gasteiger partial charge in [0.25, 0.3) is 5.56 Å². The van der Waals surface area contributed by atoms with Crippen molar-refractivity contribution in [2.24, 2.45) is 18.1 Å². The van der Waals surface area contributed by atoms with E-state index in [-0.39, 0.29) is 28.8 Å². The van der Waals surface area contributed by atoms with E-state index in [0.29, 0.717) is 16.7 Å². The van der Waals surface area contributed by atoms with Crippen molar-refractivity contribution in [3.63, 3.8) is 0 Å². The number of rotatable bonds is 7. The number of anilines is 1. The van der Waals surface area contributed by atoms with Gasteiger partial charge < -0.3 is 19.0 Å². The van der Waals surface area contributed by atoms with Gasteiger partial charge in [-0.15, -0.1) is 0 Å². The van der Waals surface area contributed by atoms with Crippen LogP contribution in [-0.2, 0) is 23.2 Å². The molecule has 0 atom stereocenters. The first-order chi connectivity index (χ1) is 21.1. The van der Waals surface area contributed by atoms with E-state index in [1.165, 1.54) is 10.1 Å². The van der Waals surface area contributed by atoms with Gasteiger partial charge in [0.15, 0.2) is 0 Å². The number of hydrogen-bond acceptors (Lipinski definition) is 9. The lowest BCUT2D eigenvalue weighted by Gasteiger charge is -2.37. The van der Waals surface area contributed by atoms with Gasteiger partial charge in [-0.1, -0.05) is 29.4 Å². The van der Waals surface area contributed by atoms with Crippen LogP contribution in [0.15, 0.2) is 46.3 Å². The minimum absolute atomic E-state index is 0.0465. The number of nitrogens with zero attached hydrogens (tertiary/aromatic N) is 7. The molecule has 44 heavy (non-hydrogen) atoms. The Morgan fingerprint density at radius 2 is 1.75 bits per heavy atom. The SMILES string of the molecule is CN(c1c(C#N)c(=O)n(C)c2ccc(C#N)nc12)C1CCC(/C(=N\OC(C)(C)C)c2ccc(CN3CCOCC3)cc2)CC1. The fraction of sp³-hybridized carbons (Fsp3) is 0.500. The van der Waals surface area contributed by atoms with E-state index in [1.807, 2.05) is 32.7 Å². The predicted octanol–water partition coefficient (Wildman–Crippen LogP) is 4.72. The predicted molar refractivity (Wildman–Crippen MR) is 170 cm³/mol. The molecule has 0 unspecified atom stereocenters. The monoisotopic (exact) mass is 595 g/mol. The van der Waals surface area contributed by atoms with E-state index in [0.717, 1.165) is 69.8 Å². The van der Waals surface area contributed by atoms with E-state index in [4.69, 9.17) is 14.7 Å². The molecule has 0 bridgehead atoms. The molecule has 10 heteroatoms. The highest BCUT2D eigenvalue weighted by atomic mass is 16.6. The second kappa shape index (κ2) is 13.2. The van der Waals surface area contributed by atoms with Gasteiger partial charge in [0.2, 0.25) is 0 Å². The third-order valence-corrected chi connectivity index (χ3v) is 8.60. The molecule has 2 aliphatic rings. The fourth-order valence-corrected chi connectivity index (χ4v) is 6.17. The molecule has 1 aromatic carbocycles. The molecule has 1 saturated heterocycles. The molecule has 2 aromatic heterocycles. The summed E-state index contributed by atoms with van der Waals surface area (Å²) in [5.74, 6) is 0.200. The summed E-state index contributed by atoms with van der Waals surface area (Å²) in [4.78, 5) is 28.1. The molecule has 0 amide bonds. The van der Waals surface area contributed by atoms with Crippen molar-refractivity contribution >= 4 is 22.4 Å². The van der Waals surface area contributed by atoms with Crippen molar-refractivity contribution in [3.05, 3.63) is 69.1 Å². The number of aromatic nitrogens is 2. The number of aryl methyl sites for hydroxylation is 1. The summed E-state index contributed by atoms with van der Waals surface area (Å²) < 4.78 is 6.92. The maximum Gasteiger partial charge on any atom is 0.270 e. The zero-order valence-corrected chi connectivity index (χ0v) is 26.3. The zero-order valence-electron chi connectivity index (χ0n) is 26.3. The molecule has 3 aromatic rings. The Balaban J connectivity index is 1.38. The van der Waals surface area contributed by atoms with Crippen LogP contribution < -0.4 is 10.5 Å². The topological polar surface area (TPSA) is 120 Å². The number of pyridine rings is 2. The van der Waals surface area contributed by atoms with Crippen molar-refractivity contribution in [1.29, 1.82) is 10.5 Å². The smallest absolute Gasteiger partial charge is 0.270 e. The molecule has 3 heterocycles. The number of hydrogen-bond donors (Lipinski definition) is 0. The number of benzene rings is 1. The average Bonchev–Trinajstić information content (AvgIpc) is 3.03. The van der Waals surface area contributed by atoms with Gasteiger partial charge in [0.05, 0.1) is 30.1 Å². The van der Waals surface area contributed by atoms with Crippen LogP contribution in [-0.4, -0.2) is 65.2 Å².